The first-order chi connectivity index (χ1) is 9.22. The summed E-state index contributed by atoms with van der Waals surface area (Å²) in [5, 5.41) is 0. The van der Waals surface area contributed by atoms with Gasteiger partial charge in [0.25, 0.3) is 0 Å². The van der Waals surface area contributed by atoms with Crippen LogP contribution < -0.4 is 0 Å². The van der Waals surface area contributed by atoms with Gasteiger partial charge in [0, 0.05) is 15.7 Å². The van der Waals surface area contributed by atoms with Gasteiger partial charge >= 0.3 is 0 Å². The lowest BCUT2D eigenvalue weighted by Gasteiger charge is -2.11. The van der Waals surface area contributed by atoms with Crippen LogP contribution in [0.25, 0.3) is 11.4 Å². The average Bonchev–Trinajstić information content (AvgIpc) is 2.93. The van der Waals surface area contributed by atoms with Gasteiger partial charge in [0.2, 0.25) is 0 Å². The molecular weight excluding hydrogens is 320 g/mol. The van der Waals surface area contributed by atoms with Gasteiger partial charge in [-0.3, -0.25) is 0 Å². The van der Waals surface area contributed by atoms with E-state index < -0.39 is 0 Å². The number of rotatable bonds is 2. The summed E-state index contributed by atoms with van der Waals surface area (Å²) in [5.41, 5.74) is 2.32. The summed E-state index contributed by atoms with van der Waals surface area (Å²) in [5.74, 6) is 1.50. The van der Waals surface area contributed by atoms with Gasteiger partial charge in [0.15, 0.2) is 0 Å². The number of hydrogen-bond donors (Lipinski definition) is 1. The Morgan fingerprint density at radius 1 is 1.16 bits per heavy atom. The Morgan fingerprint density at radius 2 is 1.84 bits per heavy atom. The van der Waals surface area contributed by atoms with E-state index in [1.54, 1.807) is 0 Å². The summed E-state index contributed by atoms with van der Waals surface area (Å²) in [4.78, 5) is 7.92. The molecule has 2 nitrogen and oxygen atoms in total. The van der Waals surface area contributed by atoms with Crippen LogP contribution in [-0.4, -0.2) is 9.97 Å². The molecule has 0 bridgehead atoms. The second-order valence-corrected chi connectivity index (χ2v) is 6.35. The van der Waals surface area contributed by atoms with Crippen molar-refractivity contribution in [3.63, 3.8) is 0 Å². The molecular formula is C15H15BrN2S. The molecule has 0 atom stereocenters. The summed E-state index contributed by atoms with van der Waals surface area (Å²) >= 11 is 8.76. The molecule has 0 amide bonds. The van der Waals surface area contributed by atoms with E-state index in [0.717, 1.165) is 15.9 Å². The van der Waals surface area contributed by atoms with Gasteiger partial charge in [-0.15, -0.1) is 0 Å². The van der Waals surface area contributed by atoms with Crippen molar-refractivity contribution in [1.82, 2.24) is 9.97 Å². The number of hydrogen-bond acceptors (Lipinski definition) is 2. The standard InChI is InChI=1S/C15H15BrN2S/c16-12-7-5-11(6-8-12)15-17-13(9-14(19)18-15)10-3-1-2-4-10/h5-10H,1-4H2,(H,17,18,19). The smallest absolute Gasteiger partial charge is 0.139 e. The van der Waals surface area contributed by atoms with E-state index in [4.69, 9.17) is 12.2 Å². The molecule has 1 aromatic heterocycles. The molecule has 3 rings (SSSR count). The number of benzene rings is 1. The van der Waals surface area contributed by atoms with Crippen LogP contribution in [0, 0.1) is 4.64 Å². The zero-order chi connectivity index (χ0) is 13.2. The molecule has 0 unspecified atom stereocenters. The highest BCUT2D eigenvalue weighted by Crippen LogP contribution is 2.33. The molecule has 1 N–H and O–H groups in total. The van der Waals surface area contributed by atoms with Crippen molar-refractivity contribution in [3.05, 3.63) is 45.1 Å². The van der Waals surface area contributed by atoms with Gasteiger partial charge in [-0.1, -0.05) is 53.1 Å². The van der Waals surface area contributed by atoms with Crippen LogP contribution in [0.5, 0.6) is 0 Å². The van der Waals surface area contributed by atoms with E-state index >= 15 is 0 Å². The van der Waals surface area contributed by atoms with Crippen LogP contribution in [0.2, 0.25) is 0 Å². The third kappa shape index (κ3) is 2.95. The van der Waals surface area contributed by atoms with E-state index in [0.29, 0.717) is 10.6 Å². The van der Waals surface area contributed by atoms with E-state index in [1.165, 1.54) is 31.4 Å². The largest absolute Gasteiger partial charge is 0.343 e. The normalized spacial score (nSPS) is 15.8. The lowest BCUT2D eigenvalue weighted by molar-refractivity contribution is 0.694. The fraction of sp³-hybridized carbons (Fsp3) is 0.333. The predicted octanol–water partition coefficient (Wildman–Crippen LogP) is 5.23. The molecule has 1 aromatic carbocycles. The fourth-order valence-corrected chi connectivity index (χ4v) is 3.16. The minimum absolute atomic E-state index is 0.624. The Balaban J connectivity index is 2.01. The van der Waals surface area contributed by atoms with Crippen molar-refractivity contribution >= 4 is 28.1 Å². The predicted molar refractivity (Wildman–Crippen MR) is 83.8 cm³/mol. The van der Waals surface area contributed by atoms with Crippen molar-refractivity contribution in [2.45, 2.75) is 31.6 Å². The third-order valence-corrected chi connectivity index (χ3v) is 4.41. The summed E-state index contributed by atoms with van der Waals surface area (Å²) in [6.45, 7) is 0. The Morgan fingerprint density at radius 3 is 2.53 bits per heavy atom. The molecule has 0 aliphatic heterocycles. The number of nitrogens with zero attached hydrogens (tertiary/aromatic N) is 1. The number of aromatic amines is 1. The maximum absolute atomic E-state index is 5.31. The molecule has 4 heteroatoms. The first kappa shape index (κ1) is 13.0. The van der Waals surface area contributed by atoms with Crippen molar-refractivity contribution < 1.29 is 0 Å². The van der Waals surface area contributed by atoms with Crippen LogP contribution in [0.1, 0.15) is 37.3 Å². The van der Waals surface area contributed by atoms with E-state index in [2.05, 4.69) is 38.0 Å². The first-order valence-electron chi connectivity index (χ1n) is 6.59. The monoisotopic (exact) mass is 334 g/mol. The zero-order valence-corrected chi connectivity index (χ0v) is 12.9. The SMILES string of the molecule is S=c1cc(C2CCCC2)[nH]c(-c2ccc(Br)cc2)n1. The number of halogens is 1. The van der Waals surface area contributed by atoms with Gasteiger partial charge in [-0.05, 0) is 37.0 Å². The van der Waals surface area contributed by atoms with Crippen molar-refractivity contribution in [1.29, 1.82) is 0 Å². The third-order valence-electron chi connectivity index (χ3n) is 3.68. The highest BCUT2D eigenvalue weighted by molar-refractivity contribution is 9.10. The number of aromatic nitrogens is 2. The maximum atomic E-state index is 5.31. The number of nitrogens with one attached hydrogen (secondary N) is 1. The molecule has 19 heavy (non-hydrogen) atoms. The summed E-state index contributed by atoms with van der Waals surface area (Å²) in [6, 6.07) is 10.2. The van der Waals surface area contributed by atoms with Crippen LogP contribution in [-0.2, 0) is 0 Å². The van der Waals surface area contributed by atoms with Crippen molar-refractivity contribution in [2.24, 2.45) is 0 Å². The van der Waals surface area contributed by atoms with Gasteiger partial charge in [-0.25, -0.2) is 4.98 Å². The minimum Gasteiger partial charge on any atom is -0.343 e. The first-order valence-corrected chi connectivity index (χ1v) is 7.80. The van der Waals surface area contributed by atoms with Gasteiger partial charge in [-0.2, -0.15) is 0 Å². The summed E-state index contributed by atoms with van der Waals surface area (Å²) in [7, 11) is 0. The lowest BCUT2D eigenvalue weighted by atomic mass is 10.0. The molecule has 98 valence electrons. The Bertz CT molecular complexity index is 627. The second kappa shape index (κ2) is 5.55. The van der Waals surface area contributed by atoms with Gasteiger partial charge < -0.3 is 4.98 Å². The second-order valence-electron chi connectivity index (χ2n) is 5.01. The zero-order valence-electron chi connectivity index (χ0n) is 10.5. The van der Waals surface area contributed by atoms with Crippen LogP contribution in [0.15, 0.2) is 34.8 Å². The molecule has 1 heterocycles. The summed E-state index contributed by atoms with van der Waals surface area (Å²) < 4.78 is 1.75. The molecule has 2 aromatic rings. The Hall–Kier alpha value is -1.00. The highest BCUT2D eigenvalue weighted by atomic mass is 79.9. The van der Waals surface area contributed by atoms with Crippen molar-refractivity contribution in [2.75, 3.05) is 0 Å². The molecule has 1 saturated carbocycles. The van der Waals surface area contributed by atoms with E-state index in [-0.39, 0.29) is 0 Å². The topological polar surface area (TPSA) is 28.7 Å². The minimum atomic E-state index is 0.624. The summed E-state index contributed by atoms with van der Waals surface area (Å²) in [6.07, 6.45) is 5.16. The van der Waals surface area contributed by atoms with Crippen LogP contribution in [0.4, 0.5) is 0 Å². The Kier molecular flexibility index (Phi) is 3.80. The highest BCUT2D eigenvalue weighted by Gasteiger charge is 2.18. The van der Waals surface area contributed by atoms with E-state index in [9.17, 15) is 0 Å². The number of H-pyrrole nitrogens is 1. The molecule has 0 radical (unpaired) electrons. The molecule has 0 saturated heterocycles. The molecule has 0 spiro atoms. The fourth-order valence-electron chi connectivity index (χ4n) is 2.68. The lowest BCUT2D eigenvalue weighted by Crippen LogP contribution is -2.00. The molecule has 1 aliphatic rings. The molecule has 1 fully saturated rings. The molecule has 1 aliphatic carbocycles. The van der Waals surface area contributed by atoms with Crippen molar-refractivity contribution in [3.8, 4) is 11.4 Å². The maximum Gasteiger partial charge on any atom is 0.139 e. The van der Waals surface area contributed by atoms with E-state index in [1.807, 2.05) is 18.2 Å². The quantitative estimate of drug-likeness (QED) is 0.762. The van der Waals surface area contributed by atoms with Gasteiger partial charge in [0.1, 0.15) is 10.5 Å². The van der Waals surface area contributed by atoms with Crippen LogP contribution >= 0.6 is 28.1 Å². The Labute approximate surface area is 126 Å². The van der Waals surface area contributed by atoms with Crippen LogP contribution in [0.3, 0.4) is 0 Å². The van der Waals surface area contributed by atoms with Gasteiger partial charge in [0.05, 0.1) is 0 Å². The average molecular weight is 335 g/mol.